The SMILES string of the molecule is Cc1nc2ccccc2n1C[C@@H]1C[C@H]2C[C@H](c3ccc(F)cc3)O[C@H]2O1. The van der Waals surface area contributed by atoms with E-state index < -0.39 is 0 Å². The Kier molecular flexibility index (Phi) is 3.80. The Morgan fingerprint density at radius 3 is 2.69 bits per heavy atom. The van der Waals surface area contributed by atoms with E-state index in [1.54, 1.807) is 12.1 Å². The van der Waals surface area contributed by atoms with Crippen LogP contribution < -0.4 is 0 Å². The van der Waals surface area contributed by atoms with Crippen LogP contribution in [0.3, 0.4) is 0 Å². The summed E-state index contributed by atoms with van der Waals surface area (Å²) in [6.45, 7) is 2.83. The molecule has 0 spiro atoms. The molecule has 5 heteroatoms. The lowest BCUT2D eigenvalue weighted by Crippen LogP contribution is -2.19. The summed E-state index contributed by atoms with van der Waals surface area (Å²) in [6.07, 6.45) is 1.88. The number of hydrogen-bond acceptors (Lipinski definition) is 3. The quantitative estimate of drug-likeness (QED) is 0.702. The van der Waals surface area contributed by atoms with Crippen molar-refractivity contribution in [1.82, 2.24) is 9.55 Å². The summed E-state index contributed by atoms with van der Waals surface area (Å²) in [4.78, 5) is 4.63. The highest BCUT2D eigenvalue weighted by molar-refractivity contribution is 5.75. The Hall–Kier alpha value is -2.24. The molecule has 1 aromatic heterocycles. The third kappa shape index (κ3) is 2.72. The Labute approximate surface area is 151 Å². The van der Waals surface area contributed by atoms with Gasteiger partial charge in [-0.1, -0.05) is 24.3 Å². The molecule has 0 saturated carbocycles. The number of fused-ring (bicyclic) bond motifs is 2. The van der Waals surface area contributed by atoms with Gasteiger partial charge in [0, 0.05) is 5.92 Å². The molecule has 2 saturated heterocycles. The van der Waals surface area contributed by atoms with Crippen LogP contribution in [0.2, 0.25) is 0 Å². The predicted molar refractivity (Wildman–Crippen MR) is 96.1 cm³/mol. The van der Waals surface area contributed by atoms with Gasteiger partial charge in [-0.2, -0.15) is 0 Å². The predicted octanol–water partition coefficient (Wildman–Crippen LogP) is 4.38. The first-order chi connectivity index (χ1) is 12.7. The maximum atomic E-state index is 13.1. The fourth-order valence-corrected chi connectivity index (χ4v) is 4.29. The fourth-order valence-electron chi connectivity index (χ4n) is 4.29. The van der Waals surface area contributed by atoms with Gasteiger partial charge >= 0.3 is 0 Å². The first-order valence-corrected chi connectivity index (χ1v) is 9.15. The van der Waals surface area contributed by atoms with Gasteiger partial charge in [0.15, 0.2) is 6.29 Å². The molecular weight excluding hydrogens is 331 g/mol. The molecule has 2 aromatic carbocycles. The lowest BCUT2D eigenvalue weighted by atomic mass is 9.96. The summed E-state index contributed by atoms with van der Waals surface area (Å²) >= 11 is 0. The number of para-hydroxylation sites is 2. The van der Waals surface area contributed by atoms with Gasteiger partial charge in [0.25, 0.3) is 0 Å². The highest BCUT2D eigenvalue weighted by atomic mass is 19.1. The number of halogens is 1. The summed E-state index contributed by atoms with van der Waals surface area (Å²) in [5, 5.41) is 0. The van der Waals surface area contributed by atoms with Crippen molar-refractivity contribution in [3.63, 3.8) is 0 Å². The van der Waals surface area contributed by atoms with E-state index in [-0.39, 0.29) is 24.3 Å². The van der Waals surface area contributed by atoms with Gasteiger partial charge in [-0.25, -0.2) is 9.37 Å². The van der Waals surface area contributed by atoms with E-state index >= 15 is 0 Å². The normalized spacial score (nSPS) is 27.9. The van der Waals surface area contributed by atoms with Gasteiger partial charge in [0.1, 0.15) is 11.6 Å². The van der Waals surface area contributed by atoms with Crippen LogP contribution in [0.4, 0.5) is 4.39 Å². The van der Waals surface area contributed by atoms with E-state index in [4.69, 9.17) is 9.47 Å². The largest absolute Gasteiger partial charge is 0.347 e. The number of rotatable bonds is 3. The Morgan fingerprint density at radius 2 is 1.88 bits per heavy atom. The van der Waals surface area contributed by atoms with Gasteiger partial charge in [0.05, 0.1) is 29.8 Å². The van der Waals surface area contributed by atoms with Crippen molar-refractivity contribution in [2.75, 3.05) is 0 Å². The van der Waals surface area contributed by atoms with Crippen LogP contribution in [0.1, 0.15) is 30.3 Å². The lowest BCUT2D eigenvalue weighted by Gasteiger charge is -2.18. The molecule has 2 fully saturated rings. The second kappa shape index (κ2) is 6.18. The van der Waals surface area contributed by atoms with Crippen LogP contribution in [-0.4, -0.2) is 21.9 Å². The zero-order valence-electron chi connectivity index (χ0n) is 14.6. The molecule has 0 aliphatic carbocycles. The molecule has 26 heavy (non-hydrogen) atoms. The van der Waals surface area contributed by atoms with Gasteiger partial charge in [-0.15, -0.1) is 0 Å². The number of aryl methyl sites for hydroxylation is 1. The van der Waals surface area contributed by atoms with Crippen LogP contribution in [0.15, 0.2) is 48.5 Å². The Morgan fingerprint density at radius 1 is 1.08 bits per heavy atom. The molecule has 3 aromatic rings. The van der Waals surface area contributed by atoms with Crippen LogP contribution in [0.25, 0.3) is 11.0 Å². The zero-order valence-corrected chi connectivity index (χ0v) is 14.6. The fraction of sp³-hybridized carbons (Fsp3) is 0.381. The van der Waals surface area contributed by atoms with Crippen molar-refractivity contribution in [3.8, 4) is 0 Å². The number of nitrogens with zero attached hydrogens (tertiary/aromatic N) is 2. The van der Waals surface area contributed by atoms with E-state index in [0.29, 0.717) is 5.92 Å². The molecule has 5 rings (SSSR count). The van der Waals surface area contributed by atoms with Crippen LogP contribution in [0.5, 0.6) is 0 Å². The second-order valence-corrected chi connectivity index (χ2v) is 7.29. The summed E-state index contributed by atoms with van der Waals surface area (Å²) in [5.74, 6) is 1.19. The molecule has 4 nitrogen and oxygen atoms in total. The number of aromatic nitrogens is 2. The van der Waals surface area contributed by atoms with Gasteiger partial charge < -0.3 is 14.0 Å². The van der Waals surface area contributed by atoms with E-state index in [9.17, 15) is 4.39 Å². The summed E-state index contributed by atoms with van der Waals surface area (Å²) in [7, 11) is 0. The summed E-state index contributed by atoms with van der Waals surface area (Å²) < 4.78 is 27.6. The summed E-state index contributed by atoms with van der Waals surface area (Å²) in [5.41, 5.74) is 3.20. The average Bonchev–Trinajstić information content (AvgIpc) is 3.28. The average molecular weight is 352 g/mol. The maximum Gasteiger partial charge on any atom is 0.161 e. The second-order valence-electron chi connectivity index (χ2n) is 7.29. The highest BCUT2D eigenvalue weighted by Gasteiger charge is 2.44. The van der Waals surface area contributed by atoms with Gasteiger partial charge in [0.2, 0.25) is 0 Å². The topological polar surface area (TPSA) is 36.3 Å². The third-order valence-electron chi connectivity index (χ3n) is 5.57. The molecule has 0 amide bonds. The maximum absolute atomic E-state index is 13.1. The monoisotopic (exact) mass is 352 g/mol. The summed E-state index contributed by atoms with van der Waals surface area (Å²) in [6, 6.07) is 14.8. The molecule has 2 aliphatic rings. The van der Waals surface area contributed by atoms with Crippen LogP contribution in [-0.2, 0) is 16.0 Å². The Balaban J connectivity index is 1.28. The van der Waals surface area contributed by atoms with Gasteiger partial charge in [-0.3, -0.25) is 0 Å². The van der Waals surface area contributed by atoms with E-state index in [1.165, 1.54) is 12.1 Å². The van der Waals surface area contributed by atoms with Crippen molar-refractivity contribution >= 4 is 11.0 Å². The number of hydrogen-bond donors (Lipinski definition) is 0. The van der Waals surface area contributed by atoms with Crippen LogP contribution in [0, 0.1) is 18.7 Å². The molecule has 2 aliphatic heterocycles. The molecule has 0 N–H and O–H groups in total. The molecule has 0 unspecified atom stereocenters. The highest BCUT2D eigenvalue weighted by Crippen LogP contribution is 2.44. The lowest BCUT2D eigenvalue weighted by molar-refractivity contribution is -0.142. The molecule has 134 valence electrons. The molecule has 0 bridgehead atoms. The number of imidazole rings is 1. The van der Waals surface area contributed by atoms with E-state index in [0.717, 1.165) is 41.8 Å². The van der Waals surface area contributed by atoms with Crippen molar-refractivity contribution in [3.05, 3.63) is 65.7 Å². The van der Waals surface area contributed by atoms with Crippen molar-refractivity contribution < 1.29 is 13.9 Å². The minimum Gasteiger partial charge on any atom is -0.347 e. The van der Waals surface area contributed by atoms with E-state index in [1.807, 2.05) is 25.1 Å². The first-order valence-electron chi connectivity index (χ1n) is 9.15. The van der Waals surface area contributed by atoms with Crippen molar-refractivity contribution in [2.45, 2.75) is 44.8 Å². The molecular formula is C21H21FN2O2. The third-order valence-corrected chi connectivity index (χ3v) is 5.57. The standard InChI is InChI=1S/C21H21FN2O2/c1-13-23-18-4-2-3-5-19(18)24(13)12-17-10-15-11-20(26-21(15)25-17)14-6-8-16(22)9-7-14/h2-9,15,17,20-21H,10-12H2,1H3/t15-,17-,20+,21+/m0/s1. The molecule has 4 atom stereocenters. The van der Waals surface area contributed by atoms with Crippen LogP contribution >= 0.6 is 0 Å². The minimum atomic E-state index is -0.216. The number of ether oxygens (including phenoxy) is 2. The number of benzene rings is 2. The van der Waals surface area contributed by atoms with E-state index in [2.05, 4.69) is 15.6 Å². The van der Waals surface area contributed by atoms with Crippen molar-refractivity contribution in [1.29, 1.82) is 0 Å². The first kappa shape index (κ1) is 16.0. The van der Waals surface area contributed by atoms with Crippen molar-refractivity contribution in [2.24, 2.45) is 5.92 Å². The Bertz CT molecular complexity index is 923. The smallest absolute Gasteiger partial charge is 0.161 e. The van der Waals surface area contributed by atoms with Gasteiger partial charge in [-0.05, 0) is 49.6 Å². The molecule has 0 radical (unpaired) electrons. The zero-order chi connectivity index (χ0) is 17.7. The molecule has 3 heterocycles. The minimum absolute atomic E-state index is 0.00219.